The second-order valence-corrected chi connectivity index (χ2v) is 4.30. The van der Waals surface area contributed by atoms with Gasteiger partial charge in [-0.05, 0) is 20.3 Å². The zero-order valence-electron chi connectivity index (χ0n) is 7.19. The van der Waals surface area contributed by atoms with Crippen LogP contribution in [-0.4, -0.2) is 37.4 Å². The predicted molar refractivity (Wildman–Crippen MR) is 46.0 cm³/mol. The highest BCUT2D eigenvalue weighted by atomic mass is 32.2. The van der Waals surface area contributed by atoms with E-state index in [1.165, 1.54) is 0 Å². The van der Waals surface area contributed by atoms with E-state index < -0.39 is 16.3 Å². The molecule has 0 spiro atoms. The summed E-state index contributed by atoms with van der Waals surface area (Å²) in [6.45, 7) is 4.41. The maximum absolute atomic E-state index is 11.4. The Labute approximate surface area is 74.2 Å². The van der Waals surface area contributed by atoms with Crippen LogP contribution in [0.2, 0.25) is 0 Å². The Bertz CT molecular complexity index is 217. The molecule has 2 atom stereocenters. The van der Waals surface area contributed by atoms with Crippen LogP contribution < -0.4 is 0 Å². The maximum Gasteiger partial charge on any atom is 0.241 e. The van der Waals surface area contributed by atoms with Gasteiger partial charge in [0.15, 0.2) is 11.1 Å². The highest BCUT2D eigenvalue weighted by Crippen LogP contribution is 2.17. The Kier molecular flexibility index (Phi) is 2.85. The molecule has 1 saturated heterocycles. The molecule has 1 aliphatic rings. The van der Waals surface area contributed by atoms with Crippen molar-refractivity contribution < 1.29 is 13.6 Å². The summed E-state index contributed by atoms with van der Waals surface area (Å²) in [6.07, 6.45) is 0.500. The zero-order chi connectivity index (χ0) is 9.30. The van der Waals surface area contributed by atoms with Crippen molar-refractivity contribution in [3.63, 3.8) is 0 Å². The molecule has 0 bridgehead atoms. The minimum atomic E-state index is -2.00. The summed E-state index contributed by atoms with van der Waals surface area (Å²) in [6, 6.07) is 0.131. The lowest BCUT2D eigenvalue weighted by atomic mass is 10.3. The summed E-state index contributed by atoms with van der Waals surface area (Å²) in [5.41, 5.74) is 0. The van der Waals surface area contributed by atoms with Gasteiger partial charge in [0.25, 0.3) is 0 Å². The highest BCUT2D eigenvalue weighted by molar-refractivity contribution is 7.80. The molecule has 1 N–H and O–H groups in total. The fourth-order valence-electron chi connectivity index (χ4n) is 1.37. The number of carbonyl (C=O) groups excluding carboxylic acids is 1. The third kappa shape index (κ3) is 1.67. The SMILES string of the molecule is CC(C)N1CCC(S(=O)O)C1=O. The lowest BCUT2D eigenvalue weighted by Gasteiger charge is -2.20. The second kappa shape index (κ2) is 3.53. The maximum atomic E-state index is 11.4. The van der Waals surface area contributed by atoms with Crippen molar-refractivity contribution in [3.8, 4) is 0 Å². The summed E-state index contributed by atoms with van der Waals surface area (Å²) in [5.74, 6) is -0.189. The van der Waals surface area contributed by atoms with Gasteiger partial charge in [0.1, 0.15) is 5.25 Å². The molecule has 0 radical (unpaired) electrons. The van der Waals surface area contributed by atoms with E-state index in [0.29, 0.717) is 13.0 Å². The van der Waals surface area contributed by atoms with E-state index in [1.54, 1.807) is 4.90 Å². The molecule has 1 aliphatic heterocycles. The van der Waals surface area contributed by atoms with Gasteiger partial charge in [-0.15, -0.1) is 0 Å². The Morgan fingerprint density at radius 1 is 1.67 bits per heavy atom. The summed E-state index contributed by atoms with van der Waals surface area (Å²) in [5, 5.41) is -0.688. The number of rotatable bonds is 2. The molecule has 0 aromatic rings. The number of nitrogens with zero attached hydrogens (tertiary/aromatic N) is 1. The molecule has 2 unspecified atom stereocenters. The van der Waals surface area contributed by atoms with Crippen LogP contribution in [0.5, 0.6) is 0 Å². The van der Waals surface area contributed by atoms with E-state index in [0.717, 1.165) is 0 Å². The van der Waals surface area contributed by atoms with E-state index in [2.05, 4.69) is 0 Å². The van der Waals surface area contributed by atoms with Crippen molar-refractivity contribution in [2.75, 3.05) is 6.54 Å². The lowest BCUT2D eigenvalue weighted by Crippen LogP contribution is -2.36. The zero-order valence-corrected chi connectivity index (χ0v) is 8.00. The first-order valence-corrected chi connectivity index (χ1v) is 5.11. The average Bonchev–Trinajstić information content (AvgIpc) is 2.30. The Hall–Kier alpha value is -0.420. The molecule has 1 heterocycles. The van der Waals surface area contributed by atoms with Gasteiger partial charge < -0.3 is 9.45 Å². The van der Waals surface area contributed by atoms with Crippen molar-refractivity contribution in [1.29, 1.82) is 0 Å². The van der Waals surface area contributed by atoms with Gasteiger partial charge in [0, 0.05) is 12.6 Å². The molecule has 0 aromatic heterocycles. The van der Waals surface area contributed by atoms with Crippen LogP contribution in [0.25, 0.3) is 0 Å². The largest absolute Gasteiger partial charge is 0.339 e. The number of carbonyl (C=O) groups is 1. The quantitative estimate of drug-likeness (QED) is 0.635. The molecule has 4 nitrogen and oxygen atoms in total. The van der Waals surface area contributed by atoms with Gasteiger partial charge in [-0.3, -0.25) is 4.79 Å². The highest BCUT2D eigenvalue weighted by Gasteiger charge is 2.36. The first kappa shape index (κ1) is 9.67. The predicted octanol–water partition coefficient (Wildman–Crippen LogP) is 0.217. The number of hydrogen-bond acceptors (Lipinski definition) is 2. The smallest absolute Gasteiger partial charge is 0.241 e. The topological polar surface area (TPSA) is 57.6 Å². The number of likely N-dealkylation sites (tertiary alicyclic amines) is 1. The first-order valence-electron chi connectivity index (χ1n) is 3.94. The summed E-state index contributed by atoms with van der Waals surface area (Å²) >= 11 is -2.00. The third-order valence-electron chi connectivity index (χ3n) is 2.06. The van der Waals surface area contributed by atoms with Crippen molar-refractivity contribution in [3.05, 3.63) is 0 Å². The lowest BCUT2D eigenvalue weighted by molar-refractivity contribution is -0.128. The van der Waals surface area contributed by atoms with Crippen molar-refractivity contribution in [1.82, 2.24) is 4.90 Å². The molecule has 70 valence electrons. The summed E-state index contributed by atoms with van der Waals surface area (Å²) < 4.78 is 19.4. The van der Waals surface area contributed by atoms with E-state index >= 15 is 0 Å². The van der Waals surface area contributed by atoms with Gasteiger partial charge in [0.2, 0.25) is 5.91 Å². The molecule has 1 rings (SSSR count). The Morgan fingerprint density at radius 3 is 2.50 bits per heavy atom. The fraction of sp³-hybridized carbons (Fsp3) is 0.857. The third-order valence-corrected chi connectivity index (χ3v) is 2.98. The Morgan fingerprint density at radius 2 is 2.25 bits per heavy atom. The van der Waals surface area contributed by atoms with Crippen molar-refractivity contribution in [2.24, 2.45) is 0 Å². The van der Waals surface area contributed by atoms with E-state index in [1.807, 2.05) is 13.8 Å². The normalized spacial score (nSPS) is 26.8. The van der Waals surface area contributed by atoms with Crippen LogP contribution in [0.4, 0.5) is 0 Å². The molecular formula is C7H13NO3S. The molecule has 1 amide bonds. The van der Waals surface area contributed by atoms with Crippen LogP contribution in [0.1, 0.15) is 20.3 Å². The Balaban J connectivity index is 2.67. The van der Waals surface area contributed by atoms with Crippen LogP contribution in [-0.2, 0) is 15.9 Å². The molecule has 1 fully saturated rings. The van der Waals surface area contributed by atoms with E-state index in [4.69, 9.17) is 4.55 Å². The molecule has 0 saturated carbocycles. The standard InChI is InChI=1S/C7H13NO3S/c1-5(2)8-4-3-6(7(8)9)12(10)11/h5-6H,3-4H2,1-2H3,(H,10,11). The summed E-state index contributed by atoms with van der Waals surface area (Å²) in [4.78, 5) is 13.0. The van der Waals surface area contributed by atoms with Gasteiger partial charge in [-0.1, -0.05) is 0 Å². The van der Waals surface area contributed by atoms with Gasteiger partial charge in [0.05, 0.1) is 0 Å². The van der Waals surface area contributed by atoms with Crippen LogP contribution in [0, 0.1) is 0 Å². The first-order chi connectivity index (χ1) is 5.54. The van der Waals surface area contributed by atoms with E-state index in [-0.39, 0.29) is 11.9 Å². The van der Waals surface area contributed by atoms with Crippen LogP contribution in [0.15, 0.2) is 0 Å². The second-order valence-electron chi connectivity index (χ2n) is 3.18. The van der Waals surface area contributed by atoms with Crippen molar-refractivity contribution >= 4 is 17.0 Å². The fourth-order valence-corrected chi connectivity index (χ4v) is 1.99. The molecular weight excluding hydrogens is 178 g/mol. The van der Waals surface area contributed by atoms with Gasteiger partial charge in [-0.25, -0.2) is 4.21 Å². The summed E-state index contributed by atoms with van der Waals surface area (Å²) in [7, 11) is 0. The van der Waals surface area contributed by atoms with Crippen LogP contribution >= 0.6 is 0 Å². The number of amides is 1. The van der Waals surface area contributed by atoms with Gasteiger partial charge in [-0.2, -0.15) is 0 Å². The van der Waals surface area contributed by atoms with E-state index in [9.17, 15) is 9.00 Å². The minimum Gasteiger partial charge on any atom is -0.339 e. The van der Waals surface area contributed by atoms with Gasteiger partial charge >= 0.3 is 0 Å². The molecule has 5 heteroatoms. The average molecular weight is 191 g/mol. The minimum absolute atomic E-state index is 0.131. The molecule has 0 aromatic carbocycles. The molecule has 0 aliphatic carbocycles. The monoisotopic (exact) mass is 191 g/mol. The number of hydrogen-bond donors (Lipinski definition) is 1. The van der Waals surface area contributed by atoms with Crippen LogP contribution in [0.3, 0.4) is 0 Å². The van der Waals surface area contributed by atoms with Crippen molar-refractivity contribution in [2.45, 2.75) is 31.6 Å². The molecule has 12 heavy (non-hydrogen) atoms.